The summed E-state index contributed by atoms with van der Waals surface area (Å²) < 4.78 is 36.5. The molecule has 0 spiro atoms. The minimum absolute atomic E-state index is 0.112. The van der Waals surface area contributed by atoms with Crippen LogP contribution in [-0.4, -0.2) is 36.7 Å². The number of nitrogens with two attached hydrogens (primary N) is 1. The van der Waals surface area contributed by atoms with E-state index in [2.05, 4.69) is 10.3 Å². The van der Waals surface area contributed by atoms with Gasteiger partial charge in [0.2, 0.25) is 0 Å². The third-order valence-corrected chi connectivity index (χ3v) is 1.94. The van der Waals surface area contributed by atoms with Crippen LogP contribution in [0.5, 0.6) is 0 Å². The van der Waals surface area contributed by atoms with Crippen LogP contribution in [0.2, 0.25) is 0 Å². The molecule has 0 aromatic heterocycles. The van der Waals surface area contributed by atoms with Gasteiger partial charge >= 0.3 is 6.18 Å². The Morgan fingerprint density at radius 1 is 1.67 bits per heavy atom. The molecule has 1 saturated heterocycles. The second kappa shape index (κ2) is 4.63. The molecule has 1 aliphatic heterocycles. The van der Waals surface area contributed by atoms with Crippen molar-refractivity contribution in [2.75, 3.05) is 13.2 Å². The Kier molecular flexibility index (Phi) is 3.70. The molecule has 1 atom stereocenters. The van der Waals surface area contributed by atoms with Gasteiger partial charge in [-0.3, -0.25) is 5.32 Å². The van der Waals surface area contributed by atoms with Gasteiger partial charge in [-0.05, 0) is 6.92 Å². The first kappa shape index (κ1) is 12.0. The summed E-state index contributed by atoms with van der Waals surface area (Å²) >= 11 is 0. The number of allylic oxidation sites excluding steroid dienone is 1. The molecule has 86 valence electrons. The molecule has 0 aromatic rings. The van der Waals surface area contributed by atoms with Crippen LogP contribution in [0.3, 0.4) is 0 Å². The Labute approximate surface area is 85.6 Å². The van der Waals surface area contributed by atoms with Crippen molar-refractivity contribution in [1.82, 2.24) is 10.2 Å². The van der Waals surface area contributed by atoms with Crippen LogP contribution in [0.25, 0.3) is 0 Å². The molecule has 0 radical (unpaired) electrons. The number of alkyl halides is 3. The number of rotatable bonds is 3. The summed E-state index contributed by atoms with van der Waals surface area (Å²) in [5, 5.41) is 2.91. The number of nitrogens with one attached hydrogen (secondary N) is 1. The smallest absolute Gasteiger partial charge is 0.328 e. The zero-order chi connectivity index (χ0) is 11.5. The van der Waals surface area contributed by atoms with E-state index >= 15 is 0 Å². The van der Waals surface area contributed by atoms with Gasteiger partial charge in [-0.15, -0.1) is 0 Å². The van der Waals surface area contributed by atoms with E-state index < -0.39 is 6.18 Å². The molecule has 15 heavy (non-hydrogen) atoms. The first-order valence-electron chi connectivity index (χ1n) is 4.46. The lowest BCUT2D eigenvalue weighted by Gasteiger charge is -2.41. The predicted molar refractivity (Wildman–Crippen MR) is 51.0 cm³/mol. The van der Waals surface area contributed by atoms with E-state index in [1.165, 1.54) is 11.1 Å². The molecule has 0 bridgehead atoms. The molecule has 0 amide bonds. The van der Waals surface area contributed by atoms with E-state index in [0.29, 0.717) is 6.67 Å². The monoisotopic (exact) mass is 222 g/mol. The predicted octanol–water partition coefficient (Wildman–Crippen LogP) is 0.628. The third-order valence-electron chi connectivity index (χ3n) is 1.94. The van der Waals surface area contributed by atoms with Gasteiger partial charge in [0, 0.05) is 12.8 Å². The minimum Gasteiger partial charge on any atom is -0.328 e. The van der Waals surface area contributed by atoms with Gasteiger partial charge in [0.15, 0.2) is 0 Å². The van der Waals surface area contributed by atoms with Gasteiger partial charge in [-0.1, -0.05) is 0 Å². The fraction of sp³-hybridized carbons (Fsp3) is 0.625. The summed E-state index contributed by atoms with van der Waals surface area (Å²) in [5.74, 6) is -0.112. The summed E-state index contributed by atoms with van der Waals surface area (Å²) in [4.78, 5) is 5.18. The van der Waals surface area contributed by atoms with Crippen molar-refractivity contribution in [1.29, 1.82) is 0 Å². The van der Waals surface area contributed by atoms with Crippen LogP contribution >= 0.6 is 0 Å². The number of hydrogen-bond donors (Lipinski definition) is 2. The molecule has 0 aliphatic carbocycles. The molecular weight excluding hydrogens is 209 g/mol. The highest BCUT2D eigenvalue weighted by molar-refractivity contribution is 5.60. The molecule has 3 N–H and O–H groups in total. The van der Waals surface area contributed by atoms with Crippen molar-refractivity contribution in [2.45, 2.75) is 19.3 Å². The largest absolute Gasteiger partial charge is 0.413 e. The average Bonchev–Trinajstić information content (AvgIpc) is 2.09. The average molecular weight is 222 g/mol. The molecule has 1 aliphatic rings. The number of nitrogens with zero attached hydrogens (tertiary/aromatic N) is 2. The standard InChI is InChI=1S/C8H13F3N4/c1-6-14-5-15(6)7(13-3-2-12)4-8(9,10)11/h3-4,6,14H,2,5,12H2,1H3/b7-4+,13-3-. The summed E-state index contributed by atoms with van der Waals surface area (Å²) in [6, 6.07) is 0. The molecule has 4 nitrogen and oxygen atoms in total. The maximum absolute atomic E-state index is 12.2. The lowest BCUT2D eigenvalue weighted by molar-refractivity contribution is -0.0828. The summed E-state index contributed by atoms with van der Waals surface area (Å²) in [6.45, 7) is 2.24. The molecule has 0 aromatic carbocycles. The Morgan fingerprint density at radius 2 is 2.33 bits per heavy atom. The van der Waals surface area contributed by atoms with Gasteiger partial charge < -0.3 is 10.6 Å². The van der Waals surface area contributed by atoms with Crippen molar-refractivity contribution in [3.63, 3.8) is 0 Å². The SMILES string of the molecule is CC1NCN1C(=C/C(F)(F)F)/N=C\CN. The lowest BCUT2D eigenvalue weighted by Crippen LogP contribution is -2.58. The molecule has 1 heterocycles. The molecule has 7 heteroatoms. The molecule has 1 rings (SSSR count). The summed E-state index contributed by atoms with van der Waals surface area (Å²) in [5.41, 5.74) is 5.14. The van der Waals surface area contributed by atoms with Crippen molar-refractivity contribution in [3.05, 3.63) is 11.9 Å². The number of aliphatic imine (C=N–C) groups is 1. The normalized spacial score (nSPS) is 23.4. The summed E-state index contributed by atoms with van der Waals surface area (Å²) in [7, 11) is 0. The first-order valence-corrected chi connectivity index (χ1v) is 4.46. The maximum Gasteiger partial charge on any atom is 0.413 e. The van der Waals surface area contributed by atoms with Gasteiger partial charge in [-0.25, -0.2) is 4.99 Å². The van der Waals surface area contributed by atoms with Crippen molar-refractivity contribution < 1.29 is 13.2 Å². The first-order chi connectivity index (χ1) is 6.94. The van der Waals surface area contributed by atoms with Crippen LogP contribution < -0.4 is 11.1 Å². The topological polar surface area (TPSA) is 53.6 Å². The van der Waals surface area contributed by atoms with Gasteiger partial charge in [-0.2, -0.15) is 13.2 Å². The van der Waals surface area contributed by atoms with Gasteiger partial charge in [0.25, 0.3) is 0 Å². The Hall–Kier alpha value is -1.08. The van der Waals surface area contributed by atoms with Crippen LogP contribution in [-0.2, 0) is 0 Å². The Bertz CT molecular complexity index is 272. The van der Waals surface area contributed by atoms with Crippen LogP contribution in [0.1, 0.15) is 6.92 Å². The zero-order valence-corrected chi connectivity index (χ0v) is 8.25. The highest BCUT2D eigenvalue weighted by Gasteiger charge is 2.30. The van der Waals surface area contributed by atoms with Crippen LogP contribution in [0.15, 0.2) is 16.9 Å². The fourth-order valence-corrected chi connectivity index (χ4v) is 1.13. The van der Waals surface area contributed by atoms with E-state index in [-0.39, 0.29) is 24.6 Å². The third kappa shape index (κ3) is 3.52. The van der Waals surface area contributed by atoms with Crippen molar-refractivity contribution in [3.8, 4) is 0 Å². The van der Waals surface area contributed by atoms with Crippen molar-refractivity contribution >= 4 is 6.21 Å². The number of hydrogen-bond acceptors (Lipinski definition) is 4. The summed E-state index contributed by atoms with van der Waals surface area (Å²) in [6.07, 6.45) is -3.07. The van der Waals surface area contributed by atoms with Crippen molar-refractivity contribution in [2.24, 2.45) is 10.7 Å². The van der Waals surface area contributed by atoms with Crippen LogP contribution in [0.4, 0.5) is 13.2 Å². The Balaban J connectivity index is 2.78. The fourth-order valence-electron chi connectivity index (χ4n) is 1.13. The van der Waals surface area contributed by atoms with Crippen LogP contribution in [0, 0.1) is 0 Å². The second-order valence-corrected chi connectivity index (χ2v) is 3.10. The molecule has 0 saturated carbocycles. The van der Waals surface area contributed by atoms with E-state index in [1.54, 1.807) is 6.92 Å². The highest BCUT2D eigenvalue weighted by Crippen LogP contribution is 2.23. The zero-order valence-electron chi connectivity index (χ0n) is 8.25. The van der Waals surface area contributed by atoms with E-state index in [9.17, 15) is 13.2 Å². The second-order valence-electron chi connectivity index (χ2n) is 3.10. The van der Waals surface area contributed by atoms with E-state index in [1.807, 2.05) is 0 Å². The molecular formula is C8H13F3N4. The maximum atomic E-state index is 12.2. The quantitative estimate of drug-likeness (QED) is 0.688. The minimum atomic E-state index is -4.36. The van der Waals surface area contributed by atoms with E-state index in [0.717, 1.165) is 0 Å². The Morgan fingerprint density at radius 3 is 2.67 bits per heavy atom. The number of halogens is 3. The lowest BCUT2D eigenvalue weighted by atomic mass is 10.3. The molecule has 1 unspecified atom stereocenters. The highest BCUT2D eigenvalue weighted by atomic mass is 19.4. The van der Waals surface area contributed by atoms with Gasteiger partial charge in [0.05, 0.1) is 18.9 Å². The molecule has 1 fully saturated rings. The van der Waals surface area contributed by atoms with E-state index in [4.69, 9.17) is 5.73 Å². The van der Waals surface area contributed by atoms with Gasteiger partial charge in [0.1, 0.15) is 5.82 Å².